The second kappa shape index (κ2) is 5.75. The Morgan fingerprint density at radius 2 is 1.92 bits per heavy atom. The highest BCUT2D eigenvalue weighted by atomic mass is 16.5. The predicted octanol–water partition coefficient (Wildman–Crippen LogP) is 1.46. The fourth-order valence-electron chi connectivity index (χ4n) is 2.63. The van der Waals surface area contributed by atoms with Gasteiger partial charge in [-0.05, 0) is 29.8 Å². The van der Waals surface area contributed by atoms with Gasteiger partial charge < -0.3 is 14.7 Å². The molecule has 3 heterocycles. The molecular formula is C17H13N5O3. The number of ether oxygens (including phenoxy) is 1. The molecular weight excluding hydrogens is 322 g/mol. The summed E-state index contributed by atoms with van der Waals surface area (Å²) < 4.78 is 5.97. The van der Waals surface area contributed by atoms with Gasteiger partial charge in [-0.2, -0.15) is 5.10 Å². The third-order valence-corrected chi connectivity index (χ3v) is 3.86. The molecule has 8 nitrogen and oxygen atoms in total. The molecule has 0 spiro atoms. The zero-order valence-corrected chi connectivity index (χ0v) is 13.2. The van der Waals surface area contributed by atoms with Crippen LogP contribution in [-0.4, -0.2) is 33.0 Å². The molecule has 0 aliphatic rings. The smallest absolute Gasteiger partial charge is 0.350 e. The lowest BCUT2D eigenvalue weighted by atomic mass is 10.2. The van der Waals surface area contributed by atoms with Crippen molar-refractivity contribution in [3.05, 3.63) is 69.1 Å². The molecule has 8 heteroatoms. The van der Waals surface area contributed by atoms with Crippen molar-refractivity contribution >= 4 is 28.2 Å². The number of aromatic nitrogens is 4. The summed E-state index contributed by atoms with van der Waals surface area (Å²) >= 11 is 0. The molecule has 1 aromatic carbocycles. The lowest BCUT2D eigenvalue weighted by Gasteiger charge is -1.98. The average Bonchev–Trinajstić information content (AvgIpc) is 3.00. The van der Waals surface area contributed by atoms with E-state index in [-0.39, 0.29) is 5.52 Å². The fourth-order valence-corrected chi connectivity index (χ4v) is 2.63. The number of pyridine rings is 1. The van der Waals surface area contributed by atoms with Crippen molar-refractivity contribution in [3.8, 4) is 5.75 Å². The maximum absolute atomic E-state index is 12.6. The molecule has 2 N–H and O–H groups in total. The number of hydrogen-bond acceptors (Lipinski definition) is 5. The Labute approximate surface area is 140 Å². The number of aromatic amines is 2. The molecule has 0 unspecified atom stereocenters. The molecule has 0 aliphatic carbocycles. The molecule has 0 aliphatic heterocycles. The first-order valence-corrected chi connectivity index (χ1v) is 7.46. The number of hydrogen-bond donors (Lipinski definition) is 2. The number of nitrogens with one attached hydrogen (secondary N) is 2. The summed E-state index contributed by atoms with van der Waals surface area (Å²) in [6.07, 6.45) is 4.63. The Balaban J connectivity index is 1.92. The Hall–Kier alpha value is -3.68. The number of fused-ring (bicyclic) bond motifs is 3. The molecule has 0 saturated heterocycles. The molecule has 0 bridgehead atoms. The fraction of sp³-hybridized carbons (Fsp3) is 0.0588. The Bertz CT molecular complexity index is 1220. The predicted molar refractivity (Wildman–Crippen MR) is 94.5 cm³/mol. The number of H-pyrrole nitrogens is 2. The third-order valence-electron chi connectivity index (χ3n) is 3.86. The molecule has 4 aromatic rings. The van der Waals surface area contributed by atoms with Crippen molar-refractivity contribution in [2.24, 2.45) is 5.10 Å². The van der Waals surface area contributed by atoms with Crippen LogP contribution < -0.4 is 16.0 Å². The third kappa shape index (κ3) is 2.49. The van der Waals surface area contributed by atoms with Crippen LogP contribution in [-0.2, 0) is 0 Å². The van der Waals surface area contributed by atoms with E-state index < -0.39 is 11.2 Å². The molecule has 0 amide bonds. The van der Waals surface area contributed by atoms with Gasteiger partial charge in [0, 0.05) is 23.8 Å². The first kappa shape index (κ1) is 14.9. The molecule has 25 heavy (non-hydrogen) atoms. The summed E-state index contributed by atoms with van der Waals surface area (Å²) in [5.41, 5.74) is 0.997. The van der Waals surface area contributed by atoms with E-state index in [1.54, 1.807) is 49.8 Å². The second-order valence-corrected chi connectivity index (χ2v) is 5.36. The molecule has 3 aromatic heterocycles. The lowest BCUT2D eigenvalue weighted by Crippen LogP contribution is -2.32. The minimum absolute atomic E-state index is 0.273. The highest BCUT2D eigenvalue weighted by Crippen LogP contribution is 2.24. The average molecular weight is 335 g/mol. The molecule has 124 valence electrons. The maximum atomic E-state index is 12.6. The highest BCUT2D eigenvalue weighted by Gasteiger charge is 2.13. The Morgan fingerprint density at radius 1 is 1.12 bits per heavy atom. The largest absolute Gasteiger partial charge is 0.497 e. The zero-order valence-electron chi connectivity index (χ0n) is 13.2. The quantitative estimate of drug-likeness (QED) is 0.553. The summed E-state index contributed by atoms with van der Waals surface area (Å²) in [6.45, 7) is 0. The topological polar surface area (TPSA) is 105 Å². The van der Waals surface area contributed by atoms with E-state index in [0.717, 1.165) is 15.6 Å². The summed E-state index contributed by atoms with van der Waals surface area (Å²) in [7, 11) is 1.56. The van der Waals surface area contributed by atoms with Crippen molar-refractivity contribution in [1.82, 2.24) is 19.6 Å². The zero-order chi connectivity index (χ0) is 17.4. The highest BCUT2D eigenvalue weighted by molar-refractivity contribution is 6.04. The normalized spacial score (nSPS) is 11.6. The first-order valence-electron chi connectivity index (χ1n) is 7.46. The van der Waals surface area contributed by atoms with Crippen molar-refractivity contribution in [2.75, 3.05) is 7.11 Å². The lowest BCUT2D eigenvalue weighted by molar-refractivity contribution is 0.415. The number of nitrogens with zero attached hydrogens (tertiary/aromatic N) is 3. The van der Waals surface area contributed by atoms with Crippen LogP contribution >= 0.6 is 0 Å². The van der Waals surface area contributed by atoms with Gasteiger partial charge in [0.05, 0.1) is 24.4 Å². The molecule has 0 atom stereocenters. The summed E-state index contributed by atoms with van der Waals surface area (Å²) in [5.74, 6) is 0.650. The van der Waals surface area contributed by atoms with Crippen LogP contribution in [0.2, 0.25) is 0 Å². The summed E-state index contributed by atoms with van der Waals surface area (Å²) in [5, 5.41) is 4.72. The van der Waals surface area contributed by atoms with Crippen LogP contribution in [0.15, 0.2) is 57.4 Å². The van der Waals surface area contributed by atoms with E-state index in [1.165, 1.54) is 6.21 Å². The Morgan fingerprint density at radius 3 is 2.68 bits per heavy atom. The first-order chi connectivity index (χ1) is 12.2. The van der Waals surface area contributed by atoms with Crippen molar-refractivity contribution in [2.45, 2.75) is 0 Å². The van der Waals surface area contributed by atoms with Gasteiger partial charge >= 0.3 is 11.2 Å². The van der Waals surface area contributed by atoms with E-state index in [2.05, 4.69) is 20.1 Å². The van der Waals surface area contributed by atoms with E-state index in [1.807, 2.05) is 0 Å². The molecule has 0 saturated carbocycles. The van der Waals surface area contributed by atoms with Gasteiger partial charge in [0.2, 0.25) is 0 Å². The van der Waals surface area contributed by atoms with Crippen LogP contribution in [0.4, 0.5) is 0 Å². The van der Waals surface area contributed by atoms with E-state index in [0.29, 0.717) is 16.8 Å². The van der Waals surface area contributed by atoms with Crippen LogP contribution in [0.1, 0.15) is 5.56 Å². The van der Waals surface area contributed by atoms with Gasteiger partial charge in [-0.25, -0.2) is 4.79 Å². The van der Waals surface area contributed by atoms with Gasteiger partial charge in [-0.3, -0.25) is 9.78 Å². The minimum Gasteiger partial charge on any atom is -0.497 e. The number of rotatable bonds is 3. The molecule has 0 fully saturated rings. The number of methoxy groups -OCH3 is 1. The van der Waals surface area contributed by atoms with Gasteiger partial charge in [-0.15, -0.1) is 4.68 Å². The Kier molecular flexibility index (Phi) is 3.42. The standard InChI is InChI=1S/C17H13N5O3/c1-25-11-2-3-12-13(8-11)20-15-14(12)21-17(24)22(16(15)23)19-9-10-4-6-18-7-5-10/h2-9,20H,1H3,(H,21,24). The van der Waals surface area contributed by atoms with Crippen LogP contribution in [0.25, 0.3) is 21.9 Å². The summed E-state index contributed by atoms with van der Waals surface area (Å²) in [6, 6.07) is 8.75. The second-order valence-electron chi connectivity index (χ2n) is 5.36. The van der Waals surface area contributed by atoms with Gasteiger partial charge in [0.1, 0.15) is 11.3 Å². The van der Waals surface area contributed by atoms with Gasteiger partial charge in [0.15, 0.2) is 0 Å². The number of benzene rings is 1. The van der Waals surface area contributed by atoms with E-state index in [9.17, 15) is 9.59 Å². The molecule has 4 rings (SSSR count). The van der Waals surface area contributed by atoms with Crippen LogP contribution in [0.5, 0.6) is 5.75 Å². The van der Waals surface area contributed by atoms with E-state index in [4.69, 9.17) is 4.74 Å². The van der Waals surface area contributed by atoms with Crippen molar-refractivity contribution in [3.63, 3.8) is 0 Å². The maximum Gasteiger partial charge on any atom is 0.350 e. The van der Waals surface area contributed by atoms with Gasteiger partial charge in [-0.1, -0.05) is 0 Å². The van der Waals surface area contributed by atoms with Crippen LogP contribution in [0.3, 0.4) is 0 Å². The van der Waals surface area contributed by atoms with Crippen molar-refractivity contribution in [1.29, 1.82) is 0 Å². The monoisotopic (exact) mass is 335 g/mol. The SMILES string of the molecule is COc1ccc2c(c1)[nH]c1c(=O)n(N=Cc3ccncc3)c(=O)[nH]c12. The molecule has 0 radical (unpaired) electrons. The van der Waals surface area contributed by atoms with E-state index >= 15 is 0 Å². The van der Waals surface area contributed by atoms with Gasteiger partial charge in [0.25, 0.3) is 0 Å². The van der Waals surface area contributed by atoms with Crippen molar-refractivity contribution < 1.29 is 4.74 Å². The minimum atomic E-state index is -0.612. The van der Waals surface area contributed by atoms with Crippen LogP contribution in [0, 0.1) is 0 Å². The summed E-state index contributed by atoms with van der Waals surface area (Å²) in [4.78, 5) is 34.6.